The minimum absolute atomic E-state index is 0.446. The Morgan fingerprint density at radius 1 is 0.357 bits per heavy atom. The van der Waals surface area contributed by atoms with Crippen LogP contribution in [0.4, 0.5) is 11.4 Å². The molecule has 0 amide bonds. The standard InChI is InChI=1S/C30H46N2O10/c1-33-11-13-35-15-17-37-19-21-39-23-25-41-29-7-3-27(4-8-29)31-32-28-5-9-30(10-6-28)42-26-24-40-22-20-38-18-16-36-14-12-34-2/h3-10H,11-26H2,1-2H3. The van der Waals surface area contributed by atoms with Crippen LogP contribution in [0.2, 0.25) is 0 Å². The maximum atomic E-state index is 5.70. The number of hydrogen-bond acceptors (Lipinski definition) is 12. The summed E-state index contributed by atoms with van der Waals surface area (Å²) in [5.74, 6) is 1.48. The van der Waals surface area contributed by atoms with Gasteiger partial charge in [0.2, 0.25) is 0 Å². The highest BCUT2D eigenvalue weighted by Gasteiger charge is 1.99. The SMILES string of the molecule is COCCOCCOCCOCCOc1ccc(N=Nc2ccc(OCCOCCOCCOCCOC)cc2)cc1. The van der Waals surface area contributed by atoms with Crippen molar-refractivity contribution in [2.45, 2.75) is 0 Å². The molecule has 0 fully saturated rings. The van der Waals surface area contributed by atoms with Crippen molar-refractivity contribution in [3.63, 3.8) is 0 Å². The number of benzene rings is 2. The van der Waals surface area contributed by atoms with E-state index < -0.39 is 0 Å². The third-order valence-corrected chi connectivity index (χ3v) is 5.30. The summed E-state index contributed by atoms with van der Waals surface area (Å²) in [5, 5.41) is 8.56. The molecule has 12 heteroatoms. The topological polar surface area (TPSA) is 117 Å². The molecule has 0 unspecified atom stereocenters. The molecule has 236 valence electrons. The van der Waals surface area contributed by atoms with E-state index in [1.807, 2.05) is 48.5 Å². The van der Waals surface area contributed by atoms with E-state index in [1.54, 1.807) is 14.2 Å². The van der Waals surface area contributed by atoms with Crippen LogP contribution in [0.5, 0.6) is 11.5 Å². The van der Waals surface area contributed by atoms with Gasteiger partial charge in [-0.25, -0.2) is 0 Å². The zero-order valence-corrected chi connectivity index (χ0v) is 24.9. The normalized spacial score (nSPS) is 11.4. The van der Waals surface area contributed by atoms with Gasteiger partial charge in [-0.1, -0.05) is 0 Å². The molecule has 0 bridgehead atoms. The monoisotopic (exact) mass is 594 g/mol. The second kappa shape index (κ2) is 26.0. The van der Waals surface area contributed by atoms with Crippen molar-refractivity contribution in [1.82, 2.24) is 0 Å². The average Bonchev–Trinajstić information content (AvgIpc) is 3.02. The summed E-state index contributed by atoms with van der Waals surface area (Å²) in [5.41, 5.74) is 1.45. The van der Waals surface area contributed by atoms with Gasteiger partial charge in [-0.2, -0.15) is 10.2 Å². The Bertz CT molecular complexity index is 826. The van der Waals surface area contributed by atoms with Gasteiger partial charge in [-0.15, -0.1) is 0 Å². The minimum Gasteiger partial charge on any atom is -0.491 e. The molecular formula is C30H46N2O10. The van der Waals surface area contributed by atoms with E-state index in [-0.39, 0.29) is 0 Å². The summed E-state index contributed by atoms with van der Waals surface area (Å²) in [6, 6.07) is 14.8. The maximum absolute atomic E-state index is 5.70. The van der Waals surface area contributed by atoms with Gasteiger partial charge in [-0.05, 0) is 48.5 Å². The lowest BCUT2D eigenvalue weighted by atomic mass is 10.3. The first-order valence-corrected chi connectivity index (χ1v) is 14.1. The molecule has 2 rings (SSSR count). The van der Waals surface area contributed by atoms with Crippen LogP contribution in [-0.2, 0) is 37.9 Å². The second-order valence-corrected chi connectivity index (χ2v) is 8.54. The largest absolute Gasteiger partial charge is 0.491 e. The second-order valence-electron chi connectivity index (χ2n) is 8.54. The summed E-state index contributed by atoms with van der Waals surface area (Å²) in [4.78, 5) is 0. The van der Waals surface area contributed by atoms with Crippen LogP contribution < -0.4 is 9.47 Å². The highest BCUT2D eigenvalue weighted by molar-refractivity contribution is 5.44. The lowest BCUT2D eigenvalue weighted by molar-refractivity contribution is 0.000164. The highest BCUT2D eigenvalue weighted by atomic mass is 16.6. The quantitative estimate of drug-likeness (QED) is 0.105. The summed E-state index contributed by atoms with van der Waals surface area (Å²) in [6.45, 7) is 8.38. The van der Waals surface area contributed by atoms with E-state index in [0.717, 1.165) is 22.9 Å². The van der Waals surface area contributed by atoms with Gasteiger partial charge in [0.15, 0.2) is 0 Å². The van der Waals surface area contributed by atoms with Crippen LogP contribution in [0, 0.1) is 0 Å². The zero-order chi connectivity index (χ0) is 29.8. The van der Waals surface area contributed by atoms with Crippen LogP contribution in [0.15, 0.2) is 58.8 Å². The number of nitrogens with zero attached hydrogens (tertiary/aromatic N) is 2. The van der Waals surface area contributed by atoms with Crippen LogP contribution >= 0.6 is 0 Å². The number of azo groups is 1. The Hall–Kier alpha value is -2.68. The van der Waals surface area contributed by atoms with Gasteiger partial charge >= 0.3 is 0 Å². The summed E-state index contributed by atoms with van der Waals surface area (Å²) < 4.78 is 53.7. The number of rotatable bonds is 28. The van der Waals surface area contributed by atoms with E-state index in [0.29, 0.717) is 106 Å². The Morgan fingerprint density at radius 2 is 0.619 bits per heavy atom. The van der Waals surface area contributed by atoms with Crippen molar-refractivity contribution in [3.05, 3.63) is 48.5 Å². The van der Waals surface area contributed by atoms with Crippen LogP contribution in [0.3, 0.4) is 0 Å². The third kappa shape index (κ3) is 19.4. The van der Waals surface area contributed by atoms with Crippen molar-refractivity contribution in [3.8, 4) is 11.5 Å². The van der Waals surface area contributed by atoms with Crippen molar-refractivity contribution in [1.29, 1.82) is 0 Å². The van der Waals surface area contributed by atoms with Gasteiger partial charge in [0.1, 0.15) is 24.7 Å². The summed E-state index contributed by atoms with van der Waals surface area (Å²) in [6.07, 6.45) is 0. The van der Waals surface area contributed by atoms with Gasteiger partial charge in [0.25, 0.3) is 0 Å². The summed E-state index contributed by atoms with van der Waals surface area (Å²) >= 11 is 0. The first-order chi connectivity index (χ1) is 20.8. The number of ether oxygens (including phenoxy) is 10. The molecule has 12 nitrogen and oxygen atoms in total. The Kier molecular flexibility index (Phi) is 22.0. The minimum atomic E-state index is 0.446. The third-order valence-electron chi connectivity index (χ3n) is 5.30. The molecule has 0 radical (unpaired) electrons. The number of hydrogen-bond donors (Lipinski definition) is 0. The summed E-state index contributed by atoms with van der Waals surface area (Å²) in [7, 11) is 3.29. The molecule has 0 heterocycles. The smallest absolute Gasteiger partial charge is 0.119 e. The Labute approximate surface area is 249 Å². The molecule has 0 aromatic heterocycles. The van der Waals surface area contributed by atoms with Gasteiger partial charge in [0.05, 0.1) is 104 Å². The maximum Gasteiger partial charge on any atom is 0.119 e. The lowest BCUT2D eigenvalue weighted by Crippen LogP contribution is -2.13. The number of methoxy groups -OCH3 is 2. The van der Waals surface area contributed by atoms with E-state index in [1.165, 1.54) is 0 Å². The van der Waals surface area contributed by atoms with Crippen molar-refractivity contribution in [2.24, 2.45) is 10.2 Å². The molecule has 0 saturated heterocycles. The molecule has 0 atom stereocenters. The van der Waals surface area contributed by atoms with E-state index in [2.05, 4.69) is 10.2 Å². The van der Waals surface area contributed by atoms with Crippen LogP contribution in [0.1, 0.15) is 0 Å². The lowest BCUT2D eigenvalue weighted by Gasteiger charge is -2.08. The molecular weight excluding hydrogens is 548 g/mol. The molecule has 0 aliphatic heterocycles. The fraction of sp³-hybridized carbons (Fsp3) is 0.600. The zero-order valence-electron chi connectivity index (χ0n) is 24.9. The van der Waals surface area contributed by atoms with Crippen molar-refractivity contribution in [2.75, 3.05) is 120 Å². The molecule has 0 spiro atoms. The Morgan fingerprint density at radius 3 is 0.905 bits per heavy atom. The van der Waals surface area contributed by atoms with Gasteiger partial charge in [0, 0.05) is 14.2 Å². The van der Waals surface area contributed by atoms with Gasteiger partial charge in [-0.3, -0.25) is 0 Å². The molecule has 0 aliphatic rings. The fourth-order valence-corrected chi connectivity index (χ4v) is 3.14. The first kappa shape index (κ1) is 35.5. The molecule has 2 aromatic rings. The van der Waals surface area contributed by atoms with E-state index in [9.17, 15) is 0 Å². The predicted octanol–water partition coefficient (Wildman–Crippen LogP) is 4.25. The predicted molar refractivity (Wildman–Crippen MR) is 157 cm³/mol. The fourth-order valence-electron chi connectivity index (χ4n) is 3.14. The van der Waals surface area contributed by atoms with Crippen molar-refractivity contribution >= 4 is 11.4 Å². The highest BCUT2D eigenvalue weighted by Crippen LogP contribution is 2.23. The molecule has 0 aliphatic carbocycles. The molecule has 0 saturated carbocycles. The molecule has 0 N–H and O–H groups in total. The average molecular weight is 595 g/mol. The van der Waals surface area contributed by atoms with E-state index >= 15 is 0 Å². The molecule has 42 heavy (non-hydrogen) atoms. The molecule has 2 aromatic carbocycles. The van der Waals surface area contributed by atoms with E-state index in [4.69, 9.17) is 47.4 Å². The van der Waals surface area contributed by atoms with Crippen LogP contribution in [-0.4, -0.2) is 120 Å². The van der Waals surface area contributed by atoms with Crippen LogP contribution in [0.25, 0.3) is 0 Å². The first-order valence-electron chi connectivity index (χ1n) is 14.1. The van der Waals surface area contributed by atoms with Crippen molar-refractivity contribution < 1.29 is 47.4 Å². The Balaban J connectivity index is 1.48. The van der Waals surface area contributed by atoms with Gasteiger partial charge < -0.3 is 47.4 Å².